The summed E-state index contributed by atoms with van der Waals surface area (Å²) in [6.07, 6.45) is 0. The molecule has 0 saturated heterocycles. The van der Waals surface area contributed by atoms with Crippen LogP contribution in [-0.4, -0.2) is 9.97 Å². The second kappa shape index (κ2) is 5.82. The van der Waals surface area contributed by atoms with E-state index in [1.165, 1.54) is 0 Å². The Balaban J connectivity index is 2.49. The monoisotopic (exact) mass is 323 g/mol. The first-order valence-corrected chi connectivity index (χ1v) is 7.52. The SMILES string of the molecule is Cc1c(Cl)cccc1Nc1nc(C(C)(C)C)nc(Cl)c1C. The Morgan fingerprint density at radius 2 is 1.67 bits per heavy atom. The molecule has 0 spiro atoms. The summed E-state index contributed by atoms with van der Waals surface area (Å²) in [4.78, 5) is 9.00. The molecule has 3 nitrogen and oxygen atoms in total. The maximum absolute atomic E-state index is 6.25. The molecule has 2 aromatic rings. The van der Waals surface area contributed by atoms with E-state index in [-0.39, 0.29) is 5.41 Å². The van der Waals surface area contributed by atoms with Crippen molar-refractivity contribution in [3.8, 4) is 0 Å². The minimum atomic E-state index is -0.169. The first-order valence-electron chi connectivity index (χ1n) is 6.77. The number of nitrogens with zero attached hydrogens (tertiary/aromatic N) is 2. The molecule has 21 heavy (non-hydrogen) atoms. The lowest BCUT2D eigenvalue weighted by molar-refractivity contribution is 0.545. The van der Waals surface area contributed by atoms with Crippen LogP contribution in [0.3, 0.4) is 0 Å². The van der Waals surface area contributed by atoms with Gasteiger partial charge in [-0.15, -0.1) is 0 Å². The lowest BCUT2D eigenvalue weighted by atomic mass is 9.95. The minimum absolute atomic E-state index is 0.169. The number of halogens is 2. The van der Waals surface area contributed by atoms with Crippen LogP contribution in [0.2, 0.25) is 10.2 Å². The Morgan fingerprint density at radius 1 is 1.00 bits per heavy atom. The van der Waals surface area contributed by atoms with E-state index in [9.17, 15) is 0 Å². The van der Waals surface area contributed by atoms with Gasteiger partial charge in [0.1, 0.15) is 16.8 Å². The fourth-order valence-electron chi connectivity index (χ4n) is 1.82. The molecule has 0 aliphatic carbocycles. The van der Waals surface area contributed by atoms with Crippen molar-refractivity contribution in [1.82, 2.24) is 9.97 Å². The number of hydrogen-bond donors (Lipinski definition) is 1. The van der Waals surface area contributed by atoms with Crippen LogP contribution in [0.4, 0.5) is 11.5 Å². The first kappa shape index (κ1) is 16.1. The quantitative estimate of drug-likeness (QED) is 0.747. The Bertz CT molecular complexity index is 676. The molecule has 0 saturated carbocycles. The second-order valence-electron chi connectivity index (χ2n) is 6.10. The molecule has 0 radical (unpaired) electrons. The predicted octanol–water partition coefficient (Wildman–Crippen LogP) is 5.44. The summed E-state index contributed by atoms with van der Waals surface area (Å²) in [7, 11) is 0. The third kappa shape index (κ3) is 3.47. The van der Waals surface area contributed by atoms with Crippen LogP contribution in [-0.2, 0) is 5.41 Å². The van der Waals surface area contributed by atoms with Gasteiger partial charge in [-0.25, -0.2) is 9.97 Å². The van der Waals surface area contributed by atoms with Crippen molar-refractivity contribution in [2.75, 3.05) is 5.32 Å². The highest BCUT2D eigenvalue weighted by Gasteiger charge is 2.21. The summed E-state index contributed by atoms with van der Waals surface area (Å²) in [6, 6.07) is 5.73. The maximum Gasteiger partial charge on any atom is 0.138 e. The molecule has 1 heterocycles. The average Bonchev–Trinajstić information content (AvgIpc) is 2.38. The third-order valence-electron chi connectivity index (χ3n) is 3.28. The van der Waals surface area contributed by atoms with Gasteiger partial charge in [0.05, 0.1) is 0 Å². The van der Waals surface area contributed by atoms with Crippen LogP contribution in [0.5, 0.6) is 0 Å². The van der Waals surface area contributed by atoms with Gasteiger partial charge in [-0.1, -0.05) is 50.0 Å². The molecule has 1 aromatic heterocycles. The number of anilines is 2. The molecule has 0 fully saturated rings. The molecule has 5 heteroatoms. The molecule has 0 amide bonds. The average molecular weight is 324 g/mol. The Kier molecular flexibility index (Phi) is 4.45. The number of nitrogens with one attached hydrogen (secondary N) is 1. The van der Waals surface area contributed by atoms with Crippen LogP contribution in [0, 0.1) is 13.8 Å². The summed E-state index contributed by atoms with van der Waals surface area (Å²) in [5, 5.41) is 4.50. The highest BCUT2D eigenvalue weighted by atomic mass is 35.5. The van der Waals surface area contributed by atoms with E-state index in [1.807, 2.05) is 32.0 Å². The minimum Gasteiger partial charge on any atom is -0.340 e. The van der Waals surface area contributed by atoms with E-state index in [2.05, 4.69) is 36.1 Å². The maximum atomic E-state index is 6.25. The van der Waals surface area contributed by atoms with E-state index >= 15 is 0 Å². The van der Waals surface area contributed by atoms with Crippen molar-refractivity contribution >= 4 is 34.7 Å². The van der Waals surface area contributed by atoms with Gasteiger partial charge in [-0.05, 0) is 31.5 Å². The summed E-state index contributed by atoms with van der Waals surface area (Å²) < 4.78 is 0. The van der Waals surface area contributed by atoms with E-state index in [0.717, 1.165) is 16.8 Å². The summed E-state index contributed by atoms with van der Waals surface area (Å²) in [5.74, 6) is 1.42. The standard InChI is InChI=1S/C16H19Cl2N3/c1-9-11(17)7-6-8-12(9)19-14-10(2)13(18)20-15(21-14)16(3,4)5/h6-8H,1-5H3,(H,19,20,21). The molecule has 0 unspecified atom stereocenters. The normalized spacial score (nSPS) is 11.6. The molecule has 1 aromatic carbocycles. The van der Waals surface area contributed by atoms with Crippen molar-refractivity contribution in [1.29, 1.82) is 0 Å². The highest BCUT2D eigenvalue weighted by Crippen LogP contribution is 2.30. The molecule has 0 aliphatic heterocycles. The lowest BCUT2D eigenvalue weighted by Gasteiger charge is -2.20. The van der Waals surface area contributed by atoms with Crippen molar-refractivity contribution < 1.29 is 0 Å². The molecule has 0 aliphatic rings. The molecule has 1 N–H and O–H groups in total. The van der Waals surface area contributed by atoms with Gasteiger partial charge in [0.2, 0.25) is 0 Å². The zero-order chi connectivity index (χ0) is 15.8. The number of benzene rings is 1. The van der Waals surface area contributed by atoms with Crippen molar-refractivity contribution in [3.63, 3.8) is 0 Å². The summed E-state index contributed by atoms with van der Waals surface area (Å²) >= 11 is 12.4. The molecule has 2 rings (SSSR count). The van der Waals surface area contributed by atoms with Gasteiger partial charge in [-0.3, -0.25) is 0 Å². The molecule has 0 bridgehead atoms. The number of rotatable bonds is 2. The molecule has 112 valence electrons. The van der Waals surface area contributed by atoms with E-state index in [0.29, 0.717) is 21.8 Å². The third-order valence-corrected chi connectivity index (χ3v) is 4.06. The van der Waals surface area contributed by atoms with Crippen LogP contribution in [0.15, 0.2) is 18.2 Å². The summed E-state index contributed by atoms with van der Waals surface area (Å²) in [6.45, 7) is 10.0. The van der Waals surface area contributed by atoms with Crippen LogP contribution >= 0.6 is 23.2 Å². The second-order valence-corrected chi connectivity index (χ2v) is 6.86. The zero-order valence-electron chi connectivity index (χ0n) is 12.9. The van der Waals surface area contributed by atoms with Crippen molar-refractivity contribution in [2.45, 2.75) is 40.0 Å². The van der Waals surface area contributed by atoms with Gasteiger partial charge in [0.25, 0.3) is 0 Å². The molecule has 0 atom stereocenters. The van der Waals surface area contributed by atoms with Crippen LogP contribution in [0.1, 0.15) is 37.7 Å². The largest absolute Gasteiger partial charge is 0.340 e. The van der Waals surface area contributed by atoms with E-state index in [4.69, 9.17) is 23.2 Å². The smallest absolute Gasteiger partial charge is 0.138 e. The van der Waals surface area contributed by atoms with Gasteiger partial charge in [0, 0.05) is 21.7 Å². The topological polar surface area (TPSA) is 37.8 Å². The first-order chi connectivity index (χ1) is 9.70. The van der Waals surface area contributed by atoms with Crippen molar-refractivity contribution in [2.24, 2.45) is 0 Å². The molecular formula is C16H19Cl2N3. The Morgan fingerprint density at radius 3 is 2.29 bits per heavy atom. The van der Waals surface area contributed by atoms with Crippen molar-refractivity contribution in [3.05, 3.63) is 45.3 Å². The van der Waals surface area contributed by atoms with Gasteiger partial charge in [-0.2, -0.15) is 0 Å². The fourth-order valence-corrected chi connectivity index (χ4v) is 2.16. The lowest BCUT2D eigenvalue weighted by Crippen LogP contribution is -2.17. The van der Waals surface area contributed by atoms with E-state index < -0.39 is 0 Å². The fraction of sp³-hybridized carbons (Fsp3) is 0.375. The number of hydrogen-bond acceptors (Lipinski definition) is 3. The Labute approximate surface area is 135 Å². The number of aromatic nitrogens is 2. The summed E-state index contributed by atoms with van der Waals surface area (Å²) in [5.41, 5.74) is 2.55. The van der Waals surface area contributed by atoms with Gasteiger partial charge < -0.3 is 5.32 Å². The van der Waals surface area contributed by atoms with E-state index in [1.54, 1.807) is 0 Å². The Hall–Kier alpha value is -1.32. The van der Waals surface area contributed by atoms with Gasteiger partial charge in [0.15, 0.2) is 0 Å². The van der Waals surface area contributed by atoms with Gasteiger partial charge >= 0.3 is 0 Å². The van der Waals surface area contributed by atoms with Crippen LogP contribution in [0.25, 0.3) is 0 Å². The zero-order valence-corrected chi connectivity index (χ0v) is 14.4. The highest BCUT2D eigenvalue weighted by molar-refractivity contribution is 6.31. The molecular weight excluding hydrogens is 305 g/mol. The van der Waals surface area contributed by atoms with Crippen LogP contribution < -0.4 is 5.32 Å². The predicted molar refractivity (Wildman–Crippen MR) is 90.0 cm³/mol.